The second kappa shape index (κ2) is 6.49. The van der Waals surface area contributed by atoms with Crippen LogP contribution in [0.1, 0.15) is 78.6 Å². The smallest absolute Gasteiger partial charge is 0.410 e. The average Bonchev–Trinajstić information content (AvgIpc) is 2.79. The molecule has 5 heteroatoms. The largest absolute Gasteiger partial charge is 0.444 e. The minimum absolute atomic E-state index is 0.0320. The Morgan fingerprint density at radius 3 is 2.42 bits per heavy atom. The van der Waals surface area contributed by atoms with Gasteiger partial charge in [0.1, 0.15) is 5.60 Å². The van der Waals surface area contributed by atoms with Crippen LogP contribution in [-0.4, -0.2) is 52.0 Å². The predicted octanol–water partition coefficient (Wildman–Crippen LogP) is 3.20. The van der Waals surface area contributed by atoms with Gasteiger partial charge in [0.05, 0.1) is 11.1 Å². The van der Waals surface area contributed by atoms with E-state index >= 15 is 0 Å². The maximum Gasteiger partial charge on any atom is 0.410 e. The Labute approximate surface area is 146 Å². The van der Waals surface area contributed by atoms with Crippen molar-refractivity contribution in [3.05, 3.63) is 0 Å². The number of amides is 1. The summed E-state index contributed by atoms with van der Waals surface area (Å²) in [5, 5.41) is 13.9. The molecule has 0 aromatic rings. The molecule has 2 aliphatic carbocycles. The van der Waals surface area contributed by atoms with Gasteiger partial charge in [0.15, 0.2) is 0 Å². The van der Waals surface area contributed by atoms with Gasteiger partial charge in [0.2, 0.25) is 0 Å². The summed E-state index contributed by atoms with van der Waals surface area (Å²) in [6.07, 6.45) is 9.20. The van der Waals surface area contributed by atoms with Crippen LogP contribution in [0, 0.1) is 0 Å². The lowest BCUT2D eigenvalue weighted by Gasteiger charge is -2.49. The zero-order valence-corrected chi connectivity index (χ0v) is 15.6. The molecular formula is C19H34N2O3. The zero-order valence-electron chi connectivity index (χ0n) is 15.6. The maximum absolute atomic E-state index is 12.6. The molecule has 1 heterocycles. The molecule has 0 aromatic heterocycles. The Balaban J connectivity index is 1.50. The van der Waals surface area contributed by atoms with Crippen LogP contribution in [0.25, 0.3) is 0 Å². The first-order valence-electron chi connectivity index (χ1n) is 9.71. The number of carbonyl (C=O) groups excluding carboxylic acids is 1. The molecule has 0 radical (unpaired) electrons. The number of aliphatic hydroxyl groups is 1. The normalized spacial score (nSPS) is 27.7. The van der Waals surface area contributed by atoms with Crippen LogP contribution in [0.5, 0.6) is 0 Å². The molecule has 0 aromatic carbocycles. The predicted molar refractivity (Wildman–Crippen MR) is 94.0 cm³/mol. The highest BCUT2D eigenvalue weighted by atomic mass is 16.6. The highest BCUT2D eigenvalue weighted by Gasteiger charge is 2.55. The molecule has 24 heavy (non-hydrogen) atoms. The third-order valence-electron chi connectivity index (χ3n) is 6.15. The van der Waals surface area contributed by atoms with Gasteiger partial charge in [-0.15, -0.1) is 0 Å². The summed E-state index contributed by atoms with van der Waals surface area (Å²) >= 11 is 0. The van der Waals surface area contributed by atoms with Gasteiger partial charge in [0, 0.05) is 12.6 Å². The number of likely N-dealkylation sites (tertiary alicyclic amines) is 1. The molecule has 1 atom stereocenters. The summed E-state index contributed by atoms with van der Waals surface area (Å²) in [6.45, 7) is 7.49. The third-order valence-corrected chi connectivity index (χ3v) is 6.15. The number of nitrogens with zero attached hydrogens (tertiary/aromatic N) is 1. The first kappa shape index (κ1) is 18.0. The van der Waals surface area contributed by atoms with Crippen LogP contribution in [0.3, 0.4) is 0 Å². The summed E-state index contributed by atoms with van der Waals surface area (Å²) in [5.74, 6) is 0. The van der Waals surface area contributed by atoms with E-state index in [1.807, 2.05) is 25.7 Å². The monoisotopic (exact) mass is 338 g/mol. The van der Waals surface area contributed by atoms with Gasteiger partial charge >= 0.3 is 6.09 Å². The van der Waals surface area contributed by atoms with E-state index in [1.165, 1.54) is 12.8 Å². The van der Waals surface area contributed by atoms with Gasteiger partial charge in [0.25, 0.3) is 0 Å². The maximum atomic E-state index is 12.6. The quantitative estimate of drug-likeness (QED) is 0.756. The first-order chi connectivity index (χ1) is 11.2. The lowest BCUT2D eigenvalue weighted by Crippen LogP contribution is -2.61. The molecule has 5 nitrogen and oxygen atoms in total. The summed E-state index contributed by atoms with van der Waals surface area (Å²) in [7, 11) is 0. The molecule has 1 aliphatic heterocycles. The fourth-order valence-electron chi connectivity index (χ4n) is 4.51. The second-order valence-corrected chi connectivity index (χ2v) is 9.07. The SMILES string of the molecule is CC(C)(C)OC(=O)N1CCC(NCCCC2(O)CCC2)C12CCC2. The van der Waals surface area contributed by atoms with Crippen molar-refractivity contribution in [3.8, 4) is 0 Å². The standard InChI is InChI=1S/C19H34N2O3/c1-17(2,3)24-16(22)21-14-7-15(19(21)11-5-12-19)20-13-6-10-18(23)8-4-9-18/h15,20,23H,4-14H2,1-3H3. The summed E-state index contributed by atoms with van der Waals surface area (Å²) in [5.41, 5.74) is -0.852. The minimum Gasteiger partial charge on any atom is -0.444 e. The third kappa shape index (κ3) is 3.57. The molecule has 2 N–H and O–H groups in total. The molecule has 2 saturated carbocycles. The van der Waals surface area contributed by atoms with Crippen molar-refractivity contribution < 1.29 is 14.6 Å². The van der Waals surface area contributed by atoms with E-state index in [4.69, 9.17) is 4.74 Å². The summed E-state index contributed by atoms with van der Waals surface area (Å²) in [4.78, 5) is 14.6. The van der Waals surface area contributed by atoms with E-state index in [-0.39, 0.29) is 17.2 Å². The van der Waals surface area contributed by atoms with Crippen molar-refractivity contribution in [2.45, 2.75) is 101 Å². The number of hydrogen-bond donors (Lipinski definition) is 2. The Bertz CT molecular complexity index is 464. The van der Waals surface area contributed by atoms with E-state index in [1.54, 1.807) is 0 Å². The number of nitrogens with one attached hydrogen (secondary N) is 1. The molecule has 3 fully saturated rings. The molecule has 1 saturated heterocycles. The number of hydrogen-bond acceptors (Lipinski definition) is 4. The molecule has 138 valence electrons. The van der Waals surface area contributed by atoms with Crippen molar-refractivity contribution >= 4 is 6.09 Å². The van der Waals surface area contributed by atoms with Crippen LogP contribution in [0.2, 0.25) is 0 Å². The number of ether oxygens (including phenoxy) is 1. The Morgan fingerprint density at radius 2 is 1.92 bits per heavy atom. The van der Waals surface area contributed by atoms with Crippen molar-refractivity contribution in [3.63, 3.8) is 0 Å². The van der Waals surface area contributed by atoms with E-state index < -0.39 is 5.60 Å². The fraction of sp³-hybridized carbons (Fsp3) is 0.947. The van der Waals surface area contributed by atoms with Crippen LogP contribution in [0.15, 0.2) is 0 Å². The van der Waals surface area contributed by atoms with Gasteiger partial charge in [-0.3, -0.25) is 0 Å². The highest BCUT2D eigenvalue weighted by Crippen LogP contribution is 2.46. The molecule has 0 bridgehead atoms. The molecule has 3 rings (SSSR count). The lowest BCUT2D eigenvalue weighted by molar-refractivity contribution is -0.0419. The van der Waals surface area contributed by atoms with Gasteiger partial charge < -0.3 is 20.1 Å². The van der Waals surface area contributed by atoms with Crippen LogP contribution in [-0.2, 0) is 4.74 Å². The summed E-state index contributed by atoms with van der Waals surface area (Å²) < 4.78 is 5.62. The summed E-state index contributed by atoms with van der Waals surface area (Å²) in [6, 6.07) is 0.370. The van der Waals surface area contributed by atoms with E-state index in [9.17, 15) is 9.90 Å². The lowest BCUT2D eigenvalue weighted by atomic mass is 9.72. The zero-order chi connectivity index (χ0) is 17.4. The molecule has 1 spiro atoms. The van der Waals surface area contributed by atoms with Crippen LogP contribution in [0.4, 0.5) is 4.79 Å². The Kier molecular flexibility index (Phi) is 4.86. The first-order valence-corrected chi connectivity index (χ1v) is 9.71. The van der Waals surface area contributed by atoms with Gasteiger partial charge in [-0.25, -0.2) is 4.79 Å². The van der Waals surface area contributed by atoms with E-state index in [0.29, 0.717) is 6.04 Å². The molecular weight excluding hydrogens is 304 g/mol. The topological polar surface area (TPSA) is 61.8 Å². The van der Waals surface area contributed by atoms with Crippen molar-refractivity contribution in [1.82, 2.24) is 10.2 Å². The fourth-order valence-corrected chi connectivity index (χ4v) is 4.51. The van der Waals surface area contributed by atoms with Gasteiger partial charge in [-0.1, -0.05) is 0 Å². The highest BCUT2D eigenvalue weighted by molar-refractivity contribution is 5.70. The van der Waals surface area contributed by atoms with Crippen LogP contribution < -0.4 is 5.32 Å². The molecule has 3 aliphatic rings. The molecule has 1 unspecified atom stereocenters. The number of rotatable bonds is 5. The average molecular weight is 338 g/mol. The van der Waals surface area contributed by atoms with Crippen molar-refractivity contribution in [1.29, 1.82) is 0 Å². The number of carbonyl (C=O) groups is 1. The van der Waals surface area contributed by atoms with E-state index in [0.717, 1.165) is 58.0 Å². The van der Waals surface area contributed by atoms with Gasteiger partial charge in [-0.2, -0.15) is 0 Å². The van der Waals surface area contributed by atoms with Crippen molar-refractivity contribution in [2.75, 3.05) is 13.1 Å². The second-order valence-electron chi connectivity index (χ2n) is 9.07. The Morgan fingerprint density at radius 1 is 1.25 bits per heavy atom. The minimum atomic E-state index is -0.439. The van der Waals surface area contributed by atoms with Crippen molar-refractivity contribution in [2.24, 2.45) is 0 Å². The van der Waals surface area contributed by atoms with Crippen LogP contribution >= 0.6 is 0 Å². The molecule has 1 amide bonds. The van der Waals surface area contributed by atoms with E-state index in [2.05, 4.69) is 5.32 Å². The van der Waals surface area contributed by atoms with Gasteiger partial charge in [-0.05, 0) is 85.1 Å². The Hall–Kier alpha value is -0.810.